The molecule has 0 amide bonds. The summed E-state index contributed by atoms with van der Waals surface area (Å²) in [4.78, 5) is 2.54. The van der Waals surface area contributed by atoms with Gasteiger partial charge in [-0.1, -0.05) is 12.1 Å². The minimum Gasteiger partial charge on any atom is -0.497 e. The van der Waals surface area contributed by atoms with Gasteiger partial charge in [0.05, 0.1) is 7.11 Å². The van der Waals surface area contributed by atoms with Crippen molar-refractivity contribution in [2.24, 2.45) is 0 Å². The number of ether oxygens (including phenoxy) is 1. The topological polar surface area (TPSA) is 24.5 Å². The zero-order valence-corrected chi connectivity index (χ0v) is 10.8. The highest BCUT2D eigenvalue weighted by molar-refractivity contribution is 5.27. The molecule has 3 nitrogen and oxygen atoms in total. The third-order valence-electron chi connectivity index (χ3n) is 3.41. The van der Waals surface area contributed by atoms with E-state index in [1.807, 2.05) is 12.1 Å². The second-order valence-corrected chi connectivity index (χ2v) is 4.73. The minimum absolute atomic E-state index is 0.611. The molecule has 1 saturated heterocycles. The summed E-state index contributed by atoms with van der Waals surface area (Å²) in [5.74, 6) is 0.930. The number of nitrogens with one attached hydrogen (secondary N) is 1. The molecule has 0 aliphatic carbocycles. The molecule has 1 fully saturated rings. The van der Waals surface area contributed by atoms with Crippen molar-refractivity contribution >= 4 is 0 Å². The maximum Gasteiger partial charge on any atom is 0.118 e. The molecule has 17 heavy (non-hydrogen) atoms. The van der Waals surface area contributed by atoms with Crippen LogP contribution in [0.2, 0.25) is 0 Å². The van der Waals surface area contributed by atoms with Crippen LogP contribution in [0.25, 0.3) is 0 Å². The van der Waals surface area contributed by atoms with E-state index in [0.717, 1.165) is 25.4 Å². The van der Waals surface area contributed by atoms with Crippen molar-refractivity contribution in [3.05, 3.63) is 29.8 Å². The maximum atomic E-state index is 5.18. The van der Waals surface area contributed by atoms with Crippen molar-refractivity contribution < 1.29 is 4.74 Å². The van der Waals surface area contributed by atoms with Crippen LogP contribution in [0.3, 0.4) is 0 Å². The fourth-order valence-corrected chi connectivity index (χ4v) is 2.27. The van der Waals surface area contributed by atoms with Crippen LogP contribution in [-0.4, -0.2) is 37.7 Å². The highest BCUT2D eigenvalue weighted by Crippen LogP contribution is 2.15. The van der Waals surface area contributed by atoms with E-state index in [1.54, 1.807) is 7.11 Å². The summed E-state index contributed by atoms with van der Waals surface area (Å²) in [6, 6.07) is 9.00. The van der Waals surface area contributed by atoms with E-state index in [9.17, 15) is 0 Å². The van der Waals surface area contributed by atoms with E-state index in [1.165, 1.54) is 18.5 Å². The Morgan fingerprint density at radius 2 is 2.12 bits per heavy atom. The molecule has 1 heterocycles. The van der Waals surface area contributed by atoms with Gasteiger partial charge in [-0.2, -0.15) is 0 Å². The molecule has 1 aliphatic rings. The second-order valence-electron chi connectivity index (χ2n) is 4.73. The quantitative estimate of drug-likeness (QED) is 0.864. The maximum absolute atomic E-state index is 5.18. The summed E-state index contributed by atoms with van der Waals surface area (Å²) in [6.45, 7) is 6.74. The van der Waals surface area contributed by atoms with Crippen molar-refractivity contribution in [1.82, 2.24) is 10.2 Å². The second kappa shape index (κ2) is 6.03. The van der Waals surface area contributed by atoms with Crippen molar-refractivity contribution in [1.29, 1.82) is 0 Å². The summed E-state index contributed by atoms with van der Waals surface area (Å²) < 4.78 is 5.18. The molecule has 1 unspecified atom stereocenters. The molecule has 1 aliphatic heterocycles. The summed E-state index contributed by atoms with van der Waals surface area (Å²) in [5.41, 5.74) is 1.36. The van der Waals surface area contributed by atoms with Gasteiger partial charge in [-0.05, 0) is 37.6 Å². The average Bonchev–Trinajstić information content (AvgIpc) is 2.56. The molecule has 0 saturated carbocycles. The largest absolute Gasteiger partial charge is 0.497 e. The van der Waals surface area contributed by atoms with E-state index in [-0.39, 0.29) is 0 Å². The van der Waals surface area contributed by atoms with Gasteiger partial charge in [0.1, 0.15) is 5.75 Å². The predicted octanol–water partition coefficient (Wildman–Crippen LogP) is 1.88. The van der Waals surface area contributed by atoms with Gasteiger partial charge in [0.25, 0.3) is 0 Å². The van der Waals surface area contributed by atoms with Gasteiger partial charge >= 0.3 is 0 Å². The molecule has 2 rings (SSSR count). The van der Waals surface area contributed by atoms with E-state index in [2.05, 4.69) is 29.3 Å². The van der Waals surface area contributed by atoms with Crippen LogP contribution in [0.4, 0.5) is 0 Å². The highest BCUT2D eigenvalue weighted by Gasteiger charge is 2.16. The number of rotatable bonds is 3. The van der Waals surface area contributed by atoms with Crippen molar-refractivity contribution in [3.63, 3.8) is 0 Å². The summed E-state index contributed by atoms with van der Waals surface area (Å²) in [5, 5.41) is 3.47. The van der Waals surface area contributed by atoms with Gasteiger partial charge in [-0.15, -0.1) is 0 Å². The SMILES string of the molecule is COc1ccc(CN2CCCNCC2C)cc1. The zero-order chi connectivity index (χ0) is 12.1. The van der Waals surface area contributed by atoms with Gasteiger partial charge in [0.2, 0.25) is 0 Å². The molecule has 1 N–H and O–H groups in total. The molecule has 1 aromatic carbocycles. The number of nitrogens with zero attached hydrogens (tertiary/aromatic N) is 1. The Labute approximate surface area is 104 Å². The first-order chi connectivity index (χ1) is 8.29. The van der Waals surface area contributed by atoms with Gasteiger partial charge < -0.3 is 10.1 Å². The highest BCUT2D eigenvalue weighted by atomic mass is 16.5. The van der Waals surface area contributed by atoms with Crippen LogP contribution in [0, 0.1) is 0 Å². The van der Waals surface area contributed by atoms with Gasteiger partial charge in [0, 0.05) is 25.7 Å². The lowest BCUT2D eigenvalue weighted by molar-refractivity contribution is 0.214. The first kappa shape index (κ1) is 12.4. The number of hydrogen-bond acceptors (Lipinski definition) is 3. The Morgan fingerprint density at radius 3 is 2.82 bits per heavy atom. The lowest BCUT2D eigenvalue weighted by Gasteiger charge is -2.26. The molecular formula is C14H22N2O. The Hall–Kier alpha value is -1.06. The van der Waals surface area contributed by atoms with E-state index >= 15 is 0 Å². The summed E-state index contributed by atoms with van der Waals surface area (Å²) >= 11 is 0. The Morgan fingerprint density at radius 1 is 1.35 bits per heavy atom. The number of benzene rings is 1. The number of hydrogen-bond donors (Lipinski definition) is 1. The van der Waals surface area contributed by atoms with Crippen molar-refractivity contribution in [2.75, 3.05) is 26.7 Å². The molecule has 1 atom stereocenters. The molecular weight excluding hydrogens is 212 g/mol. The summed E-state index contributed by atoms with van der Waals surface area (Å²) in [6.07, 6.45) is 1.24. The molecule has 94 valence electrons. The standard InChI is InChI=1S/C14H22N2O/c1-12-10-15-8-3-9-16(12)11-13-4-6-14(17-2)7-5-13/h4-7,12,15H,3,8-11H2,1-2H3. The summed E-state index contributed by atoms with van der Waals surface area (Å²) in [7, 11) is 1.71. The Balaban J connectivity index is 1.98. The van der Waals surface area contributed by atoms with Crippen LogP contribution in [0.15, 0.2) is 24.3 Å². The van der Waals surface area contributed by atoms with Crippen molar-refractivity contribution in [3.8, 4) is 5.75 Å². The lowest BCUT2D eigenvalue weighted by Crippen LogP contribution is -2.36. The lowest BCUT2D eigenvalue weighted by atomic mass is 10.1. The van der Waals surface area contributed by atoms with Crippen LogP contribution in [0.1, 0.15) is 18.9 Å². The predicted molar refractivity (Wildman–Crippen MR) is 70.4 cm³/mol. The smallest absolute Gasteiger partial charge is 0.118 e. The van der Waals surface area contributed by atoms with E-state index in [0.29, 0.717) is 6.04 Å². The average molecular weight is 234 g/mol. The first-order valence-electron chi connectivity index (χ1n) is 6.37. The normalized spacial score (nSPS) is 22.1. The van der Waals surface area contributed by atoms with Gasteiger partial charge in [0.15, 0.2) is 0 Å². The molecule has 0 spiro atoms. The molecule has 0 bridgehead atoms. The van der Waals surface area contributed by atoms with Gasteiger partial charge in [-0.3, -0.25) is 4.90 Å². The monoisotopic (exact) mass is 234 g/mol. The Kier molecular flexibility index (Phi) is 4.40. The molecule has 3 heteroatoms. The van der Waals surface area contributed by atoms with Crippen LogP contribution < -0.4 is 10.1 Å². The third kappa shape index (κ3) is 3.45. The third-order valence-corrected chi connectivity index (χ3v) is 3.41. The fourth-order valence-electron chi connectivity index (χ4n) is 2.27. The minimum atomic E-state index is 0.611. The van der Waals surface area contributed by atoms with Gasteiger partial charge in [-0.25, -0.2) is 0 Å². The molecule has 1 aromatic rings. The van der Waals surface area contributed by atoms with Crippen LogP contribution in [0.5, 0.6) is 5.75 Å². The Bertz CT molecular complexity index is 337. The van der Waals surface area contributed by atoms with Crippen molar-refractivity contribution in [2.45, 2.75) is 25.9 Å². The van der Waals surface area contributed by atoms with Crippen LogP contribution >= 0.6 is 0 Å². The number of methoxy groups -OCH3 is 1. The van der Waals surface area contributed by atoms with Crippen LogP contribution in [-0.2, 0) is 6.54 Å². The fraction of sp³-hybridized carbons (Fsp3) is 0.571. The van der Waals surface area contributed by atoms with E-state index in [4.69, 9.17) is 4.74 Å². The molecule has 0 aromatic heterocycles. The first-order valence-corrected chi connectivity index (χ1v) is 6.37. The zero-order valence-electron chi connectivity index (χ0n) is 10.8. The van der Waals surface area contributed by atoms with E-state index < -0.39 is 0 Å². The molecule has 0 radical (unpaired) electrons.